The molecule has 4 nitrogen and oxygen atoms in total. The van der Waals surface area contributed by atoms with Gasteiger partial charge in [-0.1, -0.05) is 71.4 Å². The van der Waals surface area contributed by atoms with E-state index in [9.17, 15) is 4.79 Å². The Balaban J connectivity index is 1.98. The molecule has 1 aliphatic carbocycles. The number of nitrogens with zero attached hydrogens (tertiary/aromatic N) is 1. The molecule has 0 spiro atoms. The molecule has 1 heterocycles. The maximum absolute atomic E-state index is 13.6. The second-order valence-electron chi connectivity index (χ2n) is 11.4. The number of fused-ring (bicyclic) bond motifs is 1. The number of allylic oxidation sites excluding steroid dienone is 5. The minimum absolute atomic E-state index is 0.118. The molecule has 1 N–H and O–H groups in total. The van der Waals surface area contributed by atoms with E-state index in [1.165, 1.54) is 5.56 Å². The zero-order valence-electron chi connectivity index (χ0n) is 22.1. The minimum Gasteiger partial charge on any atom is -0.454 e. The molecule has 0 saturated heterocycles. The highest BCUT2D eigenvalue weighted by Crippen LogP contribution is 2.41. The van der Waals surface area contributed by atoms with Crippen molar-refractivity contribution in [2.24, 2.45) is 10.8 Å². The molecule has 3 aromatic rings. The topological polar surface area (TPSA) is 45.5 Å². The largest absolute Gasteiger partial charge is 0.454 e. The van der Waals surface area contributed by atoms with Gasteiger partial charge in [0.1, 0.15) is 11.3 Å². The van der Waals surface area contributed by atoms with E-state index >= 15 is 0 Å². The molecule has 0 atom stereocenters. The Hall–Kier alpha value is -3.53. The number of Topliss-reactive ketones (excluding diaryl/α,β-unsaturated/α-hetero) is 1. The number of aryl methyl sites for hydroxylation is 1. The molecule has 0 saturated carbocycles. The van der Waals surface area contributed by atoms with Crippen molar-refractivity contribution < 1.29 is 9.21 Å². The number of anilines is 1. The van der Waals surface area contributed by atoms with Crippen LogP contribution >= 0.6 is 0 Å². The third-order valence-electron chi connectivity index (χ3n) is 6.29. The number of para-hydroxylation sites is 1. The molecule has 35 heavy (non-hydrogen) atoms. The lowest BCUT2D eigenvalue weighted by atomic mass is 9.71. The van der Waals surface area contributed by atoms with Crippen molar-refractivity contribution in [2.75, 3.05) is 12.5 Å². The number of benzene rings is 2. The van der Waals surface area contributed by atoms with E-state index in [2.05, 4.69) is 72.1 Å². The van der Waals surface area contributed by atoms with Gasteiger partial charge in [-0.05, 0) is 60.2 Å². The first kappa shape index (κ1) is 24.6. The van der Waals surface area contributed by atoms with Crippen molar-refractivity contribution in [1.29, 1.82) is 0 Å². The van der Waals surface area contributed by atoms with Gasteiger partial charge in [-0.15, -0.1) is 0 Å². The summed E-state index contributed by atoms with van der Waals surface area (Å²) in [7, 11) is 1.99. The zero-order valence-corrected chi connectivity index (χ0v) is 22.1. The smallest absolute Gasteiger partial charge is 0.186 e. The van der Waals surface area contributed by atoms with Crippen molar-refractivity contribution >= 4 is 28.1 Å². The fourth-order valence-electron chi connectivity index (χ4n) is 4.42. The van der Waals surface area contributed by atoms with Crippen molar-refractivity contribution in [1.82, 2.24) is 5.01 Å². The van der Waals surface area contributed by atoms with Crippen LogP contribution in [0.2, 0.25) is 0 Å². The van der Waals surface area contributed by atoms with Gasteiger partial charge < -0.3 is 4.42 Å². The van der Waals surface area contributed by atoms with E-state index in [0.717, 1.165) is 44.8 Å². The quantitative estimate of drug-likeness (QED) is 0.395. The first-order chi connectivity index (χ1) is 16.3. The number of nitrogens with one attached hydrogen (secondary N) is 1. The lowest BCUT2D eigenvalue weighted by molar-refractivity contribution is -0.114. The van der Waals surface area contributed by atoms with Crippen molar-refractivity contribution in [3.05, 3.63) is 94.8 Å². The number of hydrogen-bond donors (Lipinski definition) is 1. The predicted octanol–water partition coefficient (Wildman–Crippen LogP) is 7.94. The van der Waals surface area contributed by atoms with Crippen LogP contribution in [0.15, 0.2) is 87.9 Å². The van der Waals surface area contributed by atoms with E-state index in [4.69, 9.17) is 4.42 Å². The molecule has 0 amide bonds. The summed E-state index contributed by atoms with van der Waals surface area (Å²) in [6.07, 6.45) is 4.07. The number of ketones is 1. The monoisotopic (exact) mass is 468 g/mol. The number of carbonyl (C=O) groups excluding carboxylic acids is 1. The SMILES string of the molecule is Cc1ccc2oc(C(=C3C=C(C(C)(C)C)C(=O)C(C(C)(C)C)=C3)N(C)Nc3ccccc3)cc2c1. The van der Waals surface area contributed by atoms with E-state index in [1.807, 2.05) is 60.6 Å². The average molecular weight is 469 g/mol. The van der Waals surface area contributed by atoms with Crippen LogP contribution in [-0.2, 0) is 4.79 Å². The molecule has 0 radical (unpaired) electrons. The fourth-order valence-corrected chi connectivity index (χ4v) is 4.42. The molecule has 1 aliphatic rings. The number of furan rings is 1. The van der Waals surface area contributed by atoms with Crippen molar-refractivity contribution in [3.8, 4) is 0 Å². The Morgan fingerprint density at radius 1 is 0.857 bits per heavy atom. The van der Waals surface area contributed by atoms with Gasteiger partial charge in [-0.25, -0.2) is 0 Å². The van der Waals surface area contributed by atoms with Gasteiger partial charge in [-0.3, -0.25) is 15.2 Å². The van der Waals surface area contributed by atoms with E-state index in [-0.39, 0.29) is 16.6 Å². The highest BCUT2D eigenvalue weighted by atomic mass is 16.3. The Morgan fingerprint density at radius 3 is 2.03 bits per heavy atom. The van der Waals surface area contributed by atoms with Crippen LogP contribution in [0.3, 0.4) is 0 Å². The maximum Gasteiger partial charge on any atom is 0.186 e. The number of carbonyl (C=O) groups is 1. The summed E-state index contributed by atoms with van der Waals surface area (Å²) in [5.74, 6) is 0.863. The average Bonchev–Trinajstić information content (AvgIpc) is 3.16. The standard InChI is InChI=1S/C31H36N2O2/c1-20-14-15-26-21(16-20)19-27(35-26)28(33(8)32-23-12-10-9-11-13-23)22-17-24(30(2,3)4)29(34)25(18-22)31(5,6)7/h9-19,32H,1-8H3. The zero-order chi connectivity index (χ0) is 25.5. The van der Waals surface area contributed by atoms with Gasteiger partial charge in [0, 0.05) is 29.2 Å². The van der Waals surface area contributed by atoms with Crippen molar-refractivity contribution in [2.45, 2.75) is 48.5 Å². The first-order valence-corrected chi connectivity index (χ1v) is 12.1. The molecule has 0 unspecified atom stereocenters. The fraction of sp³-hybridized carbons (Fsp3) is 0.323. The van der Waals surface area contributed by atoms with Gasteiger partial charge in [0.2, 0.25) is 0 Å². The summed E-state index contributed by atoms with van der Waals surface area (Å²) in [6, 6.07) is 18.3. The second kappa shape index (κ2) is 8.92. The van der Waals surface area contributed by atoms with Crippen LogP contribution in [0.1, 0.15) is 52.9 Å². The van der Waals surface area contributed by atoms with E-state index in [0.29, 0.717) is 0 Å². The lowest BCUT2D eigenvalue weighted by Crippen LogP contribution is -2.30. The van der Waals surface area contributed by atoms with Gasteiger partial charge in [0.15, 0.2) is 11.5 Å². The van der Waals surface area contributed by atoms with Crippen LogP contribution in [0.5, 0.6) is 0 Å². The van der Waals surface area contributed by atoms with Gasteiger partial charge >= 0.3 is 0 Å². The predicted molar refractivity (Wildman–Crippen MR) is 146 cm³/mol. The first-order valence-electron chi connectivity index (χ1n) is 12.1. The van der Waals surface area contributed by atoms with Crippen LogP contribution in [-0.4, -0.2) is 17.8 Å². The number of rotatable bonds is 4. The van der Waals surface area contributed by atoms with Crippen molar-refractivity contribution in [3.63, 3.8) is 0 Å². The molecule has 0 aliphatic heterocycles. The molecule has 4 rings (SSSR count). The number of hydrogen-bond acceptors (Lipinski definition) is 4. The third-order valence-corrected chi connectivity index (χ3v) is 6.29. The molecular weight excluding hydrogens is 432 g/mol. The van der Waals surface area contributed by atoms with Crippen LogP contribution in [0, 0.1) is 17.8 Å². The minimum atomic E-state index is -0.297. The molecule has 1 aromatic heterocycles. The summed E-state index contributed by atoms with van der Waals surface area (Å²) in [6.45, 7) is 14.6. The highest BCUT2D eigenvalue weighted by Gasteiger charge is 2.35. The molecule has 0 bridgehead atoms. The molecule has 0 fully saturated rings. The molecule has 4 heteroatoms. The second-order valence-corrected chi connectivity index (χ2v) is 11.4. The third kappa shape index (κ3) is 5.12. The Kier molecular flexibility index (Phi) is 6.27. The summed E-state index contributed by atoms with van der Waals surface area (Å²) >= 11 is 0. The van der Waals surface area contributed by atoms with Crippen LogP contribution in [0.25, 0.3) is 16.7 Å². The Labute approximate surface area is 209 Å². The Morgan fingerprint density at radius 2 is 1.46 bits per heavy atom. The van der Waals surface area contributed by atoms with Gasteiger partial charge in [0.05, 0.1) is 5.69 Å². The summed E-state index contributed by atoms with van der Waals surface area (Å²) < 4.78 is 6.38. The lowest BCUT2D eigenvalue weighted by Gasteiger charge is -2.33. The van der Waals surface area contributed by atoms with Gasteiger partial charge in [0.25, 0.3) is 0 Å². The molecular formula is C31H36N2O2. The van der Waals surface area contributed by atoms with E-state index < -0.39 is 0 Å². The summed E-state index contributed by atoms with van der Waals surface area (Å²) in [4.78, 5) is 13.6. The highest BCUT2D eigenvalue weighted by molar-refractivity contribution is 6.12. The molecule has 2 aromatic carbocycles. The van der Waals surface area contributed by atoms with Crippen LogP contribution in [0.4, 0.5) is 5.69 Å². The molecule has 182 valence electrons. The summed E-state index contributed by atoms with van der Waals surface area (Å²) in [5.41, 5.74) is 9.30. The number of hydrazine groups is 1. The summed E-state index contributed by atoms with van der Waals surface area (Å²) in [5, 5.41) is 3.04. The van der Waals surface area contributed by atoms with Gasteiger partial charge in [-0.2, -0.15) is 0 Å². The van der Waals surface area contributed by atoms with E-state index in [1.54, 1.807) is 0 Å². The maximum atomic E-state index is 13.6. The normalized spacial score (nSPS) is 14.6. The Bertz CT molecular complexity index is 1320. The van der Waals surface area contributed by atoms with Crippen LogP contribution < -0.4 is 5.43 Å².